The molecule has 0 radical (unpaired) electrons. The first-order valence-corrected chi connectivity index (χ1v) is 11.5. The molecule has 35 heavy (non-hydrogen) atoms. The van der Waals surface area contributed by atoms with Crippen molar-refractivity contribution in [1.82, 2.24) is 20.1 Å². The van der Waals surface area contributed by atoms with Crippen LogP contribution in [0, 0.1) is 20.8 Å². The zero-order chi connectivity index (χ0) is 24.3. The highest BCUT2D eigenvalue weighted by atomic mass is 16.5. The Balaban J connectivity index is 1.70. The fourth-order valence-corrected chi connectivity index (χ4v) is 5.09. The average Bonchev–Trinajstić information content (AvgIpc) is 3.39. The molecule has 0 atom stereocenters. The van der Waals surface area contributed by atoms with Gasteiger partial charge in [-0.05, 0) is 44.4 Å². The fourth-order valence-electron chi connectivity index (χ4n) is 5.09. The summed E-state index contributed by atoms with van der Waals surface area (Å²) in [6.45, 7) is 5.78. The van der Waals surface area contributed by atoms with E-state index < -0.39 is 0 Å². The molecule has 3 aromatic heterocycles. The van der Waals surface area contributed by atoms with E-state index in [2.05, 4.69) is 64.0 Å². The van der Waals surface area contributed by atoms with Crippen LogP contribution in [0.5, 0.6) is 5.75 Å². The van der Waals surface area contributed by atoms with Crippen molar-refractivity contribution < 1.29 is 9.26 Å². The van der Waals surface area contributed by atoms with E-state index in [0.29, 0.717) is 5.82 Å². The molecule has 174 valence electrons. The number of ether oxygens (including phenoxy) is 1. The molecule has 0 saturated heterocycles. The highest BCUT2D eigenvalue weighted by Crippen LogP contribution is 2.42. The first-order valence-electron chi connectivity index (χ1n) is 11.5. The second-order valence-electron chi connectivity index (χ2n) is 8.72. The van der Waals surface area contributed by atoms with E-state index in [-0.39, 0.29) is 0 Å². The Morgan fingerprint density at radius 3 is 2.43 bits per heavy atom. The Labute approximate surface area is 202 Å². The van der Waals surface area contributed by atoms with E-state index in [0.717, 1.165) is 78.0 Å². The maximum atomic E-state index is 5.84. The zero-order valence-electron chi connectivity index (χ0n) is 20.3. The van der Waals surface area contributed by atoms with Gasteiger partial charge in [-0.3, -0.25) is 0 Å². The molecule has 0 aliphatic heterocycles. The van der Waals surface area contributed by atoms with Crippen LogP contribution in [0.4, 0.5) is 5.69 Å². The molecule has 0 amide bonds. The number of nitrogens with zero attached hydrogens (tertiary/aromatic N) is 3. The summed E-state index contributed by atoms with van der Waals surface area (Å²) >= 11 is 0. The number of aromatic amines is 1. The second-order valence-corrected chi connectivity index (χ2v) is 8.72. The topological polar surface area (TPSA) is 88.9 Å². The number of methoxy groups -OCH3 is 1. The summed E-state index contributed by atoms with van der Waals surface area (Å²) in [5.41, 5.74) is 7.47. The van der Waals surface area contributed by atoms with Gasteiger partial charge in [0.1, 0.15) is 23.0 Å². The van der Waals surface area contributed by atoms with E-state index in [9.17, 15) is 0 Å². The van der Waals surface area contributed by atoms with Crippen LogP contribution in [0.3, 0.4) is 0 Å². The number of aromatic nitrogens is 4. The number of benzene rings is 3. The van der Waals surface area contributed by atoms with Crippen LogP contribution < -0.4 is 10.1 Å². The van der Waals surface area contributed by atoms with Crippen molar-refractivity contribution in [3.05, 3.63) is 65.8 Å². The van der Waals surface area contributed by atoms with Crippen molar-refractivity contribution in [1.29, 1.82) is 0 Å². The molecule has 7 nitrogen and oxygen atoms in total. The smallest absolute Gasteiger partial charge is 0.142 e. The van der Waals surface area contributed by atoms with Gasteiger partial charge in [-0.25, -0.2) is 9.97 Å². The molecule has 6 rings (SSSR count). The minimum Gasteiger partial charge on any atom is -0.496 e. The third kappa shape index (κ3) is 3.15. The normalized spacial score (nSPS) is 11.6. The van der Waals surface area contributed by atoms with Gasteiger partial charge in [-0.15, -0.1) is 0 Å². The van der Waals surface area contributed by atoms with E-state index in [1.54, 1.807) is 7.11 Å². The Hall–Kier alpha value is -4.39. The van der Waals surface area contributed by atoms with Crippen LogP contribution in [-0.2, 0) is 0 Å². The summed E-state index contributed by atoms with van der Waals surface area (Å²) in [5.74, 6) is 2.21. The zero-order valence-corrected chi connectivity index (χ0v) is 20.3. The Morgan fingerprint density at radius 1 is 0.914 bits per heavy atom. The summed E-state index contributed by atoms with van der Waals surface area (Å²) in [5, 5.41) is 11.7. The molecule has 6 aromatic rings. The first-order chi connectivity index (χ1) is 17.0. The number of fused-ring (bicyclic) bond motifs is 4. The van der Waals surface area contributed by atoms with Gasteiger partial charge >= 0.3 is 0 Å². The molecule has 0 fully saturated rings. The largest absolute Gasteiger partial charge is 0.496 e. The molecule has 0 aliphatic rings. The summed E-state index contributed by atoms with van der Waals surface area (Å²) < 4.78 is 11.3. The average molecular weight is 464 g/mol. The number of anilines is 1. The third-order valence-corrected chi connectivity index (χ3v) is 6.63. The van der Waals surface area contributed by atoms with Crippen molar-refractivity contribution in [3.8, 4) is 28.1 Å². The van der Waals surface area contributed by atoms with Crippen LogP contribution in [0.15, 0.2) is 53.1 Å². The van der Waals surface area contributed by atoms with Crippen LogP contribution in [0.2, 0.25) is 0 Å². The van der Waals surface area contributed by atoms with Gasteiger partial charge in [0.2, 0.25) is 0 Å². The molecule has 0 bridgehead atoms. The van der Waals surface area contributed by atoms with Crippen LogP contribution in [0.1, 0.15) is 17.3 Å². The number of hydrogen-bond donors (Lipinski definition) is 2. The number of hydrogen-bond acceptors (Lipinski definition) is 6. The molecule has 0 saturated carbocycles. The van der Waals surface area contributed by atoms with Crippen molar-refractivity contribution >= 4 is 38.4 Å². The number of aryl methyl sites for hydroxylation is 3. The van der Waals surface area contributed by atoms with Crippen molar-refractivity contribution in [3.63, 3.8) is 0 Å². The lowest BCUT2D eigenvalue weighted by molar-refractivity contribution is 0.393. The van der Waals surface area contributed by atoms with Gasteiger partial charge in [0, 0.05) is 40.2 Å². The van der Waals surface area contributed by atoms with Gasteiger partial charge in [0.15, 0.2) is 0 Å². The highest BCUT2D eigenvalue weighted by Gasteiger charge is 2.21. The summed E-state index contributed by atoms with van der Waals surface area (Å²) in [6, 6.07) is 16.8. The predicted molar refractivity (Wildman–Crippen MR) is 140 cm³/mol. The molecule has 0 unspecified atom stereocenters. The molecule has 0 aliphatic carbocycles. The quantitative estimate of drug-likeness (QED) is 0.308. The standard InChI is InChI=1S/C28H25N5O2/c1-14-25(15(2)35-33-14)21-12-23-20(13-24(21)34-5)26-27(30-16(3)31-28(26)32-23)19-10-11-22(29-4)18-9-7-6-8-17(18)19/h6-13,29H,1-5H3,(H,30,31,32). The maximum Gasteiger partial charge on any atom is 0.142 e. The van der Waals surface area contributed by atoms with E-state index in [1.807, 2.05) is 27.8 Å². The third-order valence-electron chi connectivity index (χ3n) is 6.63. The lowest BCUT2D eigenvalue weighted by Gasteiger charge is -2.12. The molecular formula is C28H25N5O2. The van der Waals surface area contributed by atoms with Gasteiger partial charge in [0.05, 0.1) is 29.4 Å². The van der Waals surface area contributed by atoms with E-state index >= 15 is 0 Å². The lowest BCUT2D eigenvalue weighted by Crippen LogP contribution is -1.96. The van der Waals surface area contributed by atoms with Crippen molar-refractivity contribution in [2.24, 2.45) is 0 Å². The monoisotopic (exact) mass is 463 g/mol. The molecule has 3 heterocycles. The molecule has 7 heteroatoms. The molecule has 3 aromatic carbocycles. The number of H-pyrrole nitrogens is 1. The lowest BCUT2D eigenvalue weighted by atomic mass is 9.97. The van der Waals surface area contributed by atoms with Gasteiger partial charge < -0.3 is 19.6 Å². The van der Waals surface area contributed by atoms with Crippen LogP contribution in [0.25, 0.3) is 55.1 Å². The predicted octanol–water partition coefficient (Wildman–Crippen LogP) is 6.56. The Kier molecular flexibility index (Phi) is 4.74. The fraction of sp³-hybridized carbons (Fsp3) is 0.179. The Bertz CT molecular complexity index is 1740. The SMILES string of the molecule is CNc1ccc(-c2nc(C)nc3[nH]c4cc(-c5c(C)noc5C)c(OC)cc4c23)c2ccccc12. The van der Waals surface area contributed by atoms with E-state index in [1.165, 1.54) is 0 Å². The van der Waals surface area contributed by atoms with Crippen LogP contribution >= 0.6 is 0 Å². The highest BCUT2D eigenvalue weighted by molar-refractivity contribution is 6.16. The van der Waals surface area contributed by atoms with Gasteiger partial charge in [-0.2, -0.15) is 0 Å². The Morgan fingerprint density at radius 2 is 1.71 bits per heavy atom. The van der Waals surface area contributed by atoms with Crippen LogP contribution in [-0.4, -0.2) is 34.3 Å². The number of rotatable bonds is 4. The molecule has 2 N–H and O–H groups in total. The second kappa shape index (κ2) is 7.84. The molecule has 0 spiro atoms. The van der Waals surface area contributed by atoms with Crippen molar-refractivity contribution in [2.75, 3.05) is 19.5 Å². The minimum atomic E-state index is 0.707. The van der Waals surface area contributed by atoms with Gasteiger partial charge in [-0.1, -0.05) is 35.5 Å². The number of nitrogens with one attached hydrogen (secondary N) is 2. The first kappa shape index (κ1) is 21.2. The van der Waals surface area contributed by atoms with Gasteiger partial charge in [0.25, 0.3) is 0 Å². The molecular weight excluding hydrogens is 438 g/mol. The van der Waals surface area contributed by atoms with Crippen molar-refractivity contribution in [2.45, 2.75) is 20.8 Å². The van der Waals surface area contributed by atoms with E-state index in [4.69, 9.17) is 19.2 Å². The minimum absolute atomic E-state index is 0.707. The summed E-state index contributed by atoms with van der Waals surface area (Å²) in [7, 11) is 3.63. The summed E-state index contributed by atoms with van der Waals surface area (Å²) in [4.78, 5) is 13.2. The summed E-state index contributed by atoms with van der Waals surface area (Å²) in [6.07, 6.45) is 0. The maximum absolute atomic E-state index is 5.84.